The normalized spacial score (nSPS) is 17.1. The number of nitrogens with zero attached hydrogens (tertiary/aromatic N) is 3. The van der Waals surface area contributed by atoms with Crippen molar-refractivity contribution in [3.63, 3.8) is 0 Å². The fourth-order valence-corrected chi connectivity index (χ4v) is 5.83. The summed E-state index contributed by atoms with van der Waals surface area (Å²) in [6, 6.07) is 11.9. The van der Waals surface area contributed by atoms with Crippen molar-refractivity contribution in [3.05, 3.63) is 71.5 Å². The number of benzene rings is 2. The van der Waals surface area contributed by atoms with Crippen LogP contribution in [0, 0.1) is 0 Å². The van der Waals surface area contributed by atoms with Crippen molar-refractivity contribution in [2.45, 2.75) is 56.8 Å². The molecule has 1 aromatic heterocycles. The number of carbonyl (C=O) groups excluding carboxylic acids is 2. The van der Waals surface area contributed by atoms with E-state index >= 15 is 0 Å². The summed E-state index contributed by atoms with van der Waals surface area (Å²) in [5.41, 5.74) is 0.940. The largest absolute Gasteiger partial charge is 0.334 e. The van der Waals surface area contributed by atoms with Gasteiger partial charge in [-0.3, -0.25) is 14.6 Å². The third kappa shape index (κ3) is 5.53. The molecule has 10 heteroatoms. The van der Waals surface area contributed by atoms with Gasteiger partial charge in [0.15, 0.2) is 0 Å². The summed E-state index contributed by atoms with van der Waals surface area (Å²) < 4.78 is 28.7. The number of hydrogen-bond acceptors (Lipinski definition) is 5. The van der Waals surface area contributed by atoms with Gasteiger partial charge in [0.2, 0.25) is 21.8 Å². The van der Waals surface area contributed by atoms with Crippen LogP contribution in [0.2, 0.25) is 5.02 Å². The maximum atomic E-state index is 13.4. The number of amides is 2. The van der Waals surface area contributed by atoms with Crippen LogP contribution in [-0.4, -0.2) is 59.7 Å². The van der Waals surface area contributed by atoms with Gasteiger partial charge in [-0.05, 0) is 79.9 Å². The SMILES string of the molecule is CC(C)N(Cc1ccncc1)C(=O)[C@H](C)N1CC[C@H](NS(=O)(=O)c2ccc3cc(Cl)ccc3c2)C1=O. The second-order valence-electron chi connectivity index (χ2n) is 9.24. The first-order valence-electron chi connectivity index (χ1n) is 11.8. The molecule has 0 radical (unpaired) electrons. The molecule has 190 valence electrons. The van der Waals surface area contributed by atoms with Gasteiger partial charge in [-0.2, -0.15) is 4.72 Å². The van der Waals surface area contributed by atoms with Crippen LogP contribution < -0.4 is 4.72 Å². The molecule has 2 aromatic carbocycles. The highest BCUT2D eigenvalue weighted by Crippen LogP contribution is 2.24. The molecule has 1 aliphatic rings. The van der Waals surface area contributed by atoms with Gasteiger partial charge in [-0.15, -0.1) is 0 Å². The van der Waals surface area contributed by atoms with Crippen molar-refractivity contribution in [2.24, 2.45) is 0 Å². The second kappa shape index (κ2) is 10.5. The van der Waals surface area contributed by atoms with E-state index in [9.17, 15) is 18.0 Å². The molecule has 1 aliphatic heterocycles. The molecule has 1 fully saturated rings. The molecule has 2 amide bonds. The van der Waals surface area contributed by atoms with E-state index in [0.717, 1.165) is 16.3 Å². The van der Waals surface area contributed by atoms with Gasteiger partial charge < -0.3 is 9.80 Å². The minimum atomic E-state index is -3.95. The van der Waals surface area contributed by atoms with Crippen LogP contribution in [0.1, 0.15) is 32.8 Å². The van der Waals surface area contributed by atoms with Gasteiger partial charge in [0.05, 0.1) is 4.90 Å². The Bertz CT molecular complexity index is 1380. The van der Waals surface area contributed by atoms with E-state index < -0.39 is 28.0 Å². The number of hydrogen-bond donors (Lipinski definition) is 1. The fourth-order valence-electron chi connectivity index (χ4n) is 4.39. The highest BCUT2D eigenvalue weighted by molar-refractivity contribution is 7.89. The number of aromatic nitrogens is 1. The van der Waals surface area contributed by atoms with Crippen LogP contribution in [0.3, 0.4) is 0 Å². The molecule has 2 heterocycles. The molecule has 0 unspecified atom stereocenters. The van der Waals surface area contributed by atoms with Gasteiger partial charge in [0.1, 0.15) is 12.1 Å². The molecular formula is C26H29ClN4O4S. The van der Waals surface area contributed by atoms with Crippen molar-refractivity contribution < 1.29 is 18.0 Å². The Morgan fingerprint density at radius 3 is 2.47 bits per heavy atom. The standard InChI is InChI=1S/C26H29ClN4O4S/c1-17(2)31(16-19-8-11-28-12-9-19)25(32)18(3)30-13-10-24(26(30)33)29-36(34,35)23-7-5-20-14-22(27)6-4-21(20)15-23/h4-9,11-12,14-15,17-18,24,29H,10,13,16H2,1-3H3/t18-,24-/m0/s1. The molecule has 0 saturated carbocycles. The van der Waals surface area contributed by atoms with E-state index in [0.29, 0.717) is 11.6 Å². The lowest BCUT2D eigenvalue weighted by Gasteiger charge is -2.33. The average Bonchev–Trinajstić information content (AvgIpc) is 3.20. The first kappa shape index (κ1) is 26.1. The van der Waals surface area contributed by atoms with Crippen LogP contribution in [-0.2, 0) is 26.2 Å². The summed E-state index contributed by atoms with van der Waals surface area (Å²) in [7, 11) is -3.95. The van der Waals surface area contributed by atoms with Crippen LogP contribution in [0.4, 0.5) is 0 Å². The van der Waals surface area contributed by atoms with Crippen molar-refractivity contribution in [2.75, 3.05) is 6.54 Å². The highest BCUT2D eigenvalue weighted by atomic mass is 35.5. The Morgan fingerprint density at radius 2 is 1.78 bits per heavy atom. The minimum absolute atomic E-state index is 0.0658. The van der Waals surface area contributed by atoms with Crippen molar-refractivity contribution in [1.82, 2.24) is 19.5 Å². The molecule has 3 aromatic rings. The smallest absolute Gasteiger partial charge is 0.245 e. The maximum Gasteiger partial charge on any atom is 0.245 e. The summed E-state index contributed by atoms with van der Waals surface area (Å²) in [4.78, 5) is 33.8. The van der Waals surface area contributed by atoms with E-state index in [4.69, 9.17) is 11.6 Å². The number of carbonyl (C=O) groups is 2. The van der Waals surface area contributed by atoms with Crippen LogP contribution in [0.25, 0.3) is 10.8 Å². The van der Waals surface area contributed by atoms with E-state index in [1.807, 2.05) is 26.0 Å². The predicted molar refractivity (Wildman–Crippen MR) is 139 cm³/mol. The summed E-state index contributed by atoms with van der Waals surface area (Å²) >= 11 is 6.01. The van der Waals surface area contributed by atoms with Crippen LogP contribution >= 0.6 is 11.6 Å². The van der Waals surface area contributed by atoms with Gasteiger partial charge in [-0.25, -0.2) is 8.42 Å². The number of rotatable bonds is 8. The first-order valence-corrected chi connectivity index (χ1v) is 13.6. The van der Waals surface area contributed by atoms with E-state index in [1.165, 1.54) is 11.0 Å². The second-order valence-corrected chi connectivity index (χ2v) is 11.4. The van der Waals surface area contributed by atoms with E-state index in [2.05, 4.69) is 9.71 Å². The lowest BCUT2D eigenvalue weighted by Crippen LogP contribution is -2.51. The maximum absolute atomic E-state index is 13.4. The van der Waals surface area contributed by atoms with Gasteiger partial charge in [0, 0.05) is 36.5 Å². The van der Waals surface area contributed by atoms with Crippen molar-refractivity contribution in [3.8, 4) is 0 Å². The molecule has 0 aliphatic carbocycles. The Balaban J connectivity index is 1.46. The topological polar surface area (TPSA) is 99.7 Å². The summed E-state index contributed by atoms with van der Waals surface area (Å²) in [5.74, 6) is -0.591. The monoisotopic (exact) mass is 528 g/mol. The molecule has 0 bridgehead atoms. The Labute approximate surface area is 216 Å². The van der Waals surface area contributed by atoms with Gasteiger partial charge in [0.25, 0.3) is 0 Å². The summed E-state index contributed by atoms with van der Waals surface area (Å²) in [5, 5.41) is 2.11. The lowest BCUT2D eigenvalue weighted by molar-refractivity contribution is -0.145. The first-order chi connectivity index (χ1) is 17.1. The van der Waals surface area contributed by atoms with Gasteiger partial charge in [-0.1, -0.05) is 23.7 Å². The molecule has 2 atom stereocenters. The average molecular weight is 529 g/mol. The van der Waals surface area contributed by atoms with Gasteiger partial charge >= 0.3 is 0 Å². The number of sulfonamides is 1. The zero-order valence-electron chi connectivity index (χ0n) is 20.4. The minimum Gasteiger partial charge on any atom is -0.334 e. The van der Waals surface area contributed by atoms with E-state index in [1.54, 1.807) is 54.5 Å². The number of nitrogens with one attached hydrogen (secondary N) is 1. The number of likely N-dealkylation sites (tertiary alicyclic amines) is 1. The van der Waals surface area contributed by atoms with Crippen LogP contribution in [0.15, 0.2) is 65.8 Å². The quantitative estimate of drug-likeness (QED) is 0.481. The predicted octanol–water partition coefficient (Wildman–Crippen LogP) is 3.59. The third-order valence-electron chi connectivity index (χ3n) is 6.45. The molecular weight excluding hydrogens is 500 g/mol. The number of fused-ring (bicyclic) bond motifs is 1. The number of pyridine rings is 1. The molecule has 36 heavy (non-hydrogen) atoms. The van der Waals surface area contributed by atoms with E-state index in [-0.39, 0.29) is 29.8 Å². The Hall–Kier alpha value is -3.01. The van der Waals surface area contributed by atoms with Crippen LogP contribution in [0.5, 0.6) is 0 Å². The lowest BCUT2D eigenvalue weighted by atomic mass is 10.1. The summed E-state index contributed by atoms with van der Waals surface area (Å²) in [6.45, 7) is 6.22. The van der Waals surface area contributed by atoms with Crippen molar-refractivity contribution in [1.29, 1.82) is 0 Å². The fraction of sp³-hybridized carbons (Fsp3) is 0.346. The molecule has 1 saturated heterocycles. The zero-order valence-corrected chi connectivity index (χ0v) is 22.0. The number of halogens is 1. The zero-order chi connectivity index (χ0) is 26.0. The highest BCUT2D eigenvalue weighted by Gasteiger charge is 2.40. The summed E-state index contributed by atoms with van der Waals surface area (Å²) in [6.07, 6.45) is 3.63. The third-order valence-corrected chi connectivity index (χ3v) is 8.16. The molecule has 0 spiro atoms. The van der Waals surface area contributed by atoms with Crippen molar-refractivity contribution >= 4 is 44.2 Å². The molecule has 4 rings (SSSR count). The Morgan fingerprint density at radius 1 is 1.11 bits per heavy atom. The molecule has 8 nitrogen and oxygen atoms in total. The Kier molecular flexibility index (Phi) is 7.63. The molecule has 1 N–H and O–H groups in total.